The standard InChI is InChI=1S/C10H15F3N2OS/c1-7(9-5-17-8(2)15-9)14-3-4-16-6-10(11,12)13/h5,7,14H,3-4,6H2,1-2H3. The molecule has 0 aliphatic rings. The molecule has 1 aromatic rings. The zero-order valence-corrected chi connectivity index (χ0v) is 10.5. The second kappa shape index (κ2) is 6.32. The molecule has 0 aliphatic heterocycles. The number of alkyl halides is 3. The maximum absolute atomic E-state index is 11.8. The maximum Gasteiger partial charge on any atom is 0.411 e. The fourth-order valence-corrected chi connectivity index (χ4v) is 1.93. The summed E-state index contributed by atoms with van der Waals surface area (Å²) in [4.78, 5) is 4.28. The highest BCUT2D eigenvalue weighted by Crippen LogP contribution is 2.16. The molecule has 1 heterocycles. The van der Waals surface area contributed by atoms with Crippen LogP contribution in [0.2, 0.25) is 0 Å². The maximum atomic E-state index is 11.8. The highest BCUT2D eigenvalue weighted by atomic mass is 32.1. The van der Waals surface area contributed by atoms with Crippen LogP contribution < -0.4 is 5.32 Å². The molecule has 7 heteroatoms. The molecule has 0 aromatic carbocycles. The van der Waals surface area contributed by atoms with Crippen molar-refractivity contribution in [2.45, 2.75) is 26.1 Å². The third-order valence-corrected chi connectivity index (χ3v) is 2.83. The summed E-state index contributed by atoms with van der Waals surface area (Å²) >= 11 is 1.55. The van der Waals surface area contributed by atoms with Crippen molar-refractivity contribution in [2.24, 2.45) is 0 Å². The topological polar surface area (TPSA) is 34.2 Å². The van der Waals surface area contributed by atoms with Gasteiger partial charge in [-0.2, -0.15) is 13.2 Å². The molecule has 1 rings (SSSR count). The minimum atomic E-state index is -4.25. The molecular weight excluding hydrogens is 253 g/mol. The SMILES string of the molecule is Cc1nc(C(C)NCCOCC(F)(F)F)cs1. The first-order valence-electron chi connectivity index (χ1n) is 5.18. The van der Waals surface area contributed by atoms with E-state index in [-0.39, 0.29) is 12.6 Å². The van der Waals surface area contributed by atoms with Gasteiger partial charge in [-0.25, -0.2) is 4.98 Å². The lowest BCUT2D eigenvalue weighted by molar-refractivity contribution is -0.173. The summed E-state index contributed by atoms with van der Waals surface area (Å²) in [5.41, 5.74) is 0.906. The molecule has 3 nitrogen and oxygen atoms in total. The van der Waals surface area contributed by atoms with Gasteiger partial charge in [0, 0.05) is 18.0 Å². The van der Waals surface area contributed by atoms with E-state index in [0.717, 1.165) is 10.7 Å². The Morgan fingerprint density at radius 2 is 2.24 bits per heavy atom. The first-order valence-corrected chi connectivity index (χ1v) is 6.06. The van der Waals surface area contributed by atoms with E-state index in [0.29, 0.717) is 6.54 Å². The van der Waals surface area contributed by atoms with Crippen molar-refractivity contribution in [1.82, 2.24) is 10.3 Å². The Morgan fingerprint density at radius 3 is 2.76 bits per heavy atom. The van der Waals surface area contributed by atoms with E-state index in [2.05, 4.69) is 15.0 Å². The number of ether oxygens (including phenoxy) is 1. The highest BCUT2D eigenvalue weighted by Gasteiger charge is 2.27. The number of nitrogens with zero attached hydrogens (tertiary/aromatic N) is 1. The normalized spacial score (nSPS) is 13.9. The van der Waals surface area contributed by atoms with Crippen LogP contribution in [0.4, 0.5) is 13.2 Å². The Kier molecular flexibility index (Phi) is 5.35. The molecular formula is C10H15F3N2OS. The molecule has 1 aromatic heterocycles. The first kappa shape index (κ1) is 14.4. The largest absolute Gasteiger partial charge is 0.411 e. The molecule has 1 atom stereocenters. The van der Waals surface area contributed by atoms with E-state index in [4.69, 9.17) is 0 Å². The molecule has 0 radical (unpaired) electrons. The van der Waals surface area contributed by atoms with E-state index in [1.807, 2.05) is 19.2 Å². The summed E-state index contributed by atoms with van der Waals surface area (Å²) in [5.74, 6) is 0. The summed E-state index contributed by atoms with van der Waals surface area (Å²) in [6.45, 7) is 3.03. The second-order valence-corrected chi connectivity index (χ2v) is 4.70. The van der Waals surface area contributed by atoms with Crippen molar-refractivity contribution in [3.05, 3.63) is 16.1 Å². The first-order chi connectivity index (χ1) is 7.88. The molecule has 17 heavy (non-hydrogen) atoms. The van der Waals surface area contributed by atoms with Crippen LogP contribution in [0, 0.1) is 6.92 Å². The van der Waals surface area contributed by atoms with Crippen molar-refractivity contribution >= 4 is 11.3 Å². The van der Waals surface area contributed by atoms with Gasteiger partial charge in [0.1, 0.15) is 6.61 Å². The van der Waals surface area contributed by atoms with Gasteiger partial charge in [-0.15, -0.1) is 11.3 Å². The van der Waals surface area contributed by atoms with Crippen molar-refractivity contribution in [1.29, 1.82) is 0 Å². The van der Waals surface area contributed by atoms with Gasteiger partial charge in [-0.3, -0.25) is 0 Å². The Hall–Kier alpha value is -0.660. The predicted molar refractivity (Wildman–Crippen MR) is 60.1 cm³/mol. The second-order valence-electron chi connectivity index (χ2n) is 3.63. The van der Waals surface area contributed by atoms with Gasteiger partial charge in [0.2, 0.25) is 0 Å². The van der Waals surface area contributed by atoms with Crippen molar-refractivity contribution in [2.75, 3.05) is 19.8 Å². The number of hydrogen-bond acceptors (Lipinski definition) is 4. The van der Waals surface area contributed by atoms with Crippen LogP contribution in [-0.4, -0.2) is 30.9 Å². The molecule has 1 N–H and O–H groups in total. The van der Waals surface area contributed by atoms with E-state index in [9.17, 15) is 13.2 Å². The molecule has 0 saturated heterocycles. The average molecular weight is 268 g/mol. The fraction of sp³-hybridized carbons (Fsp3) is 0.700. The smallest absolute Gasteiger partial charge is 0.371 e. The molecule has 98 valence electrons. The Labute approximate surface area is 102 Å². The quantitative estimate of drug-likeness (QED) is 0.805. The molecule has 1 unspecified atom stereocenters. The molecule has 0 aliphatic carbocycles. The lowest BCUT2D eigenvalue weighted by Crippen LogP contribution is -2.26. The monoisotopic (exact) mass is 268 g/mol. The van der Waals surface area contributed by atoms with Crippen LogP contribution in [0.1, 0.15) is 23.7 Å². The Morgan fingerprint density at radius 1 is 1.53 bits per heavy atom. The van der Waals surface area contributed by atoms with Crippen molar-refractivity contribution in [3.63, 3.8) is 0 Å². The van der Waals surface area contributed by atoms with E-state index in [1.54, 1.807) is 11.3 Å². The highest BCUT2D eigenvalue weighted by molar-refractivity contribution is 7.09. The van der Waals surface area contributed by atoms with Gasteiger partial charge in [0.15, 0.2) is 0 Å². The Bertz CT molecular complexity index is 341. The molecule has 0 bridgehead atoms. The lowest BCUT2D eigenvalue weighted by Gasteiger charge is -2.12. The van der Waals surface area contributed by atoms with Gasteiger partial charge in [-0.05, 0) is 13.8 Å². The number of halogens is 3. The van der Waals surface area contributed by atoms with Crippen LogP contribution in [0.15, 0.2) is 5.38 Å². The summed E-state index contributed by atoms with van der Waals surface area (Å²) in [6.07, 6.45) is -4.25. The summed E-state index contributed by atoms with van der Waals surface area (Å²) < 4.78 is 39.7. The number of hydrogen-bond donors (Lipinski definition) is 1. The Balaban J connectivity index is 2.15. The number of aromatic nitrogens is 1. The predicted octanol–water partition coefficient (Wildman–Crippen LogP) is 2.68. The zero-order chi connectivity index (χ0) is 12.9. The number of aryl methyl sites for hydroxylation is 1. The van der Waals surface area contributed by atoms with Gasteiger partial charge in [0.25, 0.3) is 0 Å². The van der Waals surface area contributed by atoms with Crippen LogP contribution >= 0.6 is 11.3 Å². The van der Waals surface area contributed by atoms with Crippen LogP contribution in [-0.2, 0) is 4.74 Å². The minimum absolute atomic E-state index is 0.0226. The molecule has 0 amide bonds. The average Bonchev–Trinajstić information content (AvgIpc) is 2.62. The van der Waals surface area contributed by atoms with E-state index in [1.165, 1.54) is 0 Å². The van der Waals surface area contributed by atoms with E-state index >= 15 is 0 Å². The third-order valence-electron chi connectivity index (χ3n) is 2.04. The van der Waals surface area contributed by atoms with E-state index < -0.39 is 12.8 Å². The molecule has 0 fully saturated rings. The van der Waals surface area contributed by atoms with Gasteiger partial charge in [-0.1, -0.05) is 0 Å². The van der Waals surface area contributed by atoms with Gasteiger partial charge in [0.05, 0.1) is 17.3 Å². The van der Waals surface area contributed by atoms with Crippen LogP contribution in [0.25, 0.3) is 0 Å². The number of rotatable bonds is 6. The number of nitrogens with one attached hydrogen (secondary N) is 1. The fourth-order valence-electron chi connectivity index (χ4n) is 1.22. The zero-order valence-electron chi connectivity index (χ0n) is 9.67. The number of thiazole rings is 1. The summed E-state index contributed by atoms with van der Waals surface area (Å²) in [7, 11) is 0. The van der Waals surface area contributed by atoms with Crippen molar-refractivity contribution in [3.8, 4) is 0 Å². The summed E-state index contributed by atoms with van der Waals surface area (Å²) in [5, 5.41) is 5.96. The molecule has 0 spiro atoms. The third kappa shape index (κ3) is 5.99. The van der Waals surface area contributed by atoms with Crippen molar-refractivity contribution < 1.29 is 17.9 Å². The van der Waals surface area contributed by atoms with Gasteiger partial charge >= 0.3 is 6.18 Å². The summed E-state index contributed by atoms with van der Waals surface area (Å²) in [6, 6.07) is 0.0226. The molecule has 0 saturated carbocycles. The van der Waals surface area contributed by atoms with Crippen LogP contribution in [0.5, 0.6) is 0 Å². The van der Waals surface area contributed by atoms with Crippen LogP contribution in [0.3, 0.4) is 0 Å². The van der Waals surface area contributed by atoms with Gasteiger partial charge < -0.3 is 10.1 Å². The minimum Gasteiger partial charge on any atom is -0.371 e. The lowest BCUT2D eigenvalue weighted by atomic mass is 10.2.